The normalized spacial score (nSPS) is 19.5. The van der Waals surface area contributed by atoms with E-state index in [0.29, 0.717) is 12.5 Å². The standard InChI is InChI=1S/C16H23N3O.2ClH/c20-15(12-19-10-8-17-9-11-19)18-16(14-6-7-14)13-4-2-1-3-5-13;;/h1-5,14,16-17H,6-12H2,(H,18,20);2*1H. The smallest absolute Gasteiger partial charge is 0.234 e. The second-order valence-corrected chi connectivity index (χ2v) is 5.82. The Balaban J connectivity index is 0.00000121. The summed E-state index contributed by atoms with van der Waals surface area (Å²) in [5, 5.41) is 6.55. The summed E-state index contributed by atoms with van der Waals surface area (Å²) in [6, 6.07) is 10.6. The lowest BCUT2D eigenvalue weighted by molar-refractivity contribution is -0.123. The van der Waals surface area contributed by atoms with Crippen LogP contribution >= 0.6 is 24.8 Å². The minimum absolute atomic E-state index is 0. The van der Waals surface area contributed by atoms with Crippen LogP contribution in [0.5, 0.6) is 0 Å². The van der Waals surface area contributed by atoms with Crippen molar-refractivity contribution in [2.45, 2.75) is 18.9 Å². The van der Waals surface area contributed by atoms with Crippen molar-refractivity contribution in [2.75, 3.05) is 32.7 Å². The van der Waals surface area contributed by atoms with Gasteiger partial charge in [0.2, 0.25) is 5.91 Å². The summed E-state index contributed by atoms with van der Waals surface area (Å²) in [6.07, 6.45) is 2.46. The molecular formula is C16H25Cl2N3O. The lowest BCUT2D eigenvalue weighted by Gasteiger charge is -2.27. The fourth-order valence-electron chi connectivity index (χ4n) is 2.85. The van der Waals surface area contributed by atoms with Crippen LogP contribution in [0.2, 0.25) is 0 Å². The van der Waals surface area contributed by atoms with Gasteiger partial charge in [-0.05, 0) is 24.3 Å². The van der Waals surface area contributed by atoms with Crippen LogP contribution in [-0.2, 0) is 4.79 Å². The number of carbonyl (C=O) groups is 1. The molecular weight excluding hydrogens is 321 g/mol. The number of benzene rings is 1. The fourth-order valence-corrected chi connectivity index (χ4v) is 2.85. The average molecular weight is 346 g/mol. The van der Waals surface area contributed by atoms with Crippen molar-refractivity contribution in [3.8, 4) is 0 Å². The summed E-state index contributed by atoms with van der Waals surface area (Å²) < 4.78 is 0. The molecule has 0 bridgehead atoms. The summed E-state index contributed by atoms with van der Waals surface area (Å²) in [5.74, 6) is 0.789. The van der Waals surface area contributed by atoms with Gasteiger partial charge in [-0.1, -0.05) is 30.3 Å². The maximum atomic E-state index is 12.3. The number of nitrogens with one attached hydrogen (secondary N) is 2. The van der Waals surface area contributed by atoms with Gasteiger partial charge in [-0.25, -0.2) is 0 Å². The molecule has 1 heterocycles. The largest absolute Gasteiger partial charge is 0.348 e. The highest BCUT2D eigenvalue weighted by atomic mass is 35.5. The lowest BCUT2D eigenvalue weighted by atomic mass is 10.0. The molecule has 1 unspecified atom stereocenters. The van der Waals surface area contributed by atoms with Gasteiger partial charge in [0.05, 0.1) is 12.6 Å². The molecule has 1 saturated heterocycles. The Labute approximate surface area is 144 Å². The number of piperazine rings is 1. The van der Waals surface area contributed by atoms with Gasteiger partial charge >= 0.3 is 0 Å². The molecule has 1 aliphatic heterocycles. The predicted octanol–water partition coefficient (Wildman–Crippen LogP) is 2.00. The molecule has 1 amide bonds. The van der Waals surface area contributed by atoms with Crippen molar-refractivity contribution in [1.82, 2.24) is 15.5 Å². The van der Waals surface area contributed by atoms with Crippen molar-refractivity contribution in [3.63, 3.8) is 0 Å². The van der Waals surface area contributed by atoms with E-state index in [2.05, 4.69) is 27.7 Å². The number of amides is 1. The molecule has 1 aromatic rings. The molecule has 124 valence electrons. The van der Waals surface area contributed by atoms with Gasteiger partial charge in [0.15, 0.2) is 0 Å². The first-order chi connectivity index (χ1) is 9.83. The summed E-state index contributed by atoms with van der Waals surface area (Å²) in [7, 11) is 0. The highest BCUT2D eigenvalue weighted by Gasteiger charge is 2.33. The summed E-state index contributed by atoms with van der Waals surface area (Å²) >= 11 is 0. The monoisotopic (exact) mass is 345 g/mol. The quantitative estimate of drug-likeness (QED) is 0.857. The highest BCUT2D eigenvalue weighted by Crippen LogP contribution is 2.40. The fraction of sp³-hybridized carbons (Fsp3) is 0.562. The lowest BCUT2D eigenvalue weighted by Crippen LogP contribution is -2.48. The molecule has 0 spiro atoms. The number of halogens is 2. The van der Waals surface area contributed by atoms with Crippen LogP contribution in [0.15, 0.2) is 30.3 Å². The van der Waals surface area contributed by atoms with Gasteiger partial charge in [-0.2, -0.15) is 0 Å². The Kier molecular flexibility index (Phi) is 8.18. The zero-order valence-electron chi connectivity index (χ0n) is 12.7. The molecule has 0 radical (unpaired) electrons. The third-order valence-corrected chi connectivity index (χ3v) is 4.15. The molecule has 2 fully saturated rings. The third-order valence-electron chi connectivity index (χ3n) is 4.15. The van der Waals surface area contributed by atoms with Crippen molar-refractivity contribution in [1.29, 1.82) is 0 Å². The maximum Gasteiger partial charge on any atom is 0.234 e. The Bertz CT molecular complexity index is 448. The number of carbonyl (C=O) groups excluding carboxylic acids is 1. The van der Waals surface area contributed by atoms with Gasteiger partial charge in [-0.3, -0.25) is 9.69 Å². The number of nitrogens with zero attached hydrogens (tertiary/aromatic N) is 1. The topological polar surface area (TPSA) is 44.4 Å². The van der Waals surface area contributed by atoms with Crippen LogP contribution in [0.1, 0.15) is 24.4 Å². The molecule has 1 saturated carbocycles. The van der Waals surface area contributed by atoms with E-state index in [1.165, 1.54) is 18.4 Å². The second kappa shape index (κ2) is 9.36. The number of hydrogen-bond acceptors (Lipinski definition) is 3. The van der Waals surface area contributed by atoms with E-state index in [1.54, 1.807) is 0 Å². The van der Waals surface area contributed by atoms with Crippen molar-refractivity contribution >= 4 is 30.7 Å². The van der Waals surface area contributed by atoms with E-state index in [0.717, 1.165) is 26.2 Å². The van der Waals surface area contributed by atoms with E-state index < -0.39 is 0 Å². The zero-order valence-corrected chi connectivity index (χ0v) is 14.3. The van der Waals surface area contributed by atoms with E-state index in [4.69, 9.17) is 0 Å². The van der Waals surface area contributed by atoms with Crippen LogP contribution in [0.3, 0.4) is 0 Å². The van der Waals surface area contributed by atoms with Crippen LogP contribution in [0.4, 0.5) is 0 Å². The van der Waals surface area contributed by atoms with Crippen LogP contribution in [-0.4, -0.2) is 43.5 Å². The molecule has 1 aromatic carbocycles. The Morgan fingerprint density at radius 1 is 1.18 bits per heavy atom. The first-order valence-electron chi connectivity index (χ1n) is 7.60. The maximum absolute atomic E-state index is 12.3. The summed E-state index contributed by atoms with van der Waals surface area (Å²) in [6.45, 7) is 4.42. The average Bonchev–Trinajstić information content (AvgIpc) is 3.31. The molecule has 2 N–H and O–H groups in total. The number of hydrogen-bond donors (Lipinski definition) is 2. The Morgan fingerprint density at radius 2 is 1.82 bits per heavy atom. The van der Waals surface area contributed by atoms with E-state index >= 15 is 0 Å². The predicted molar refractivity (Wildman–Crippen MR) is 93.9 cm³/mol. The minimum atomic E-state index is 0. The molecule has 2 aliphatic rings. The van der Waals surface area contributed by atoms with Crippen molar-refractivity contribution in [3.05, 3.63) is 35.9 Å². The molecule has 1 atom stereocenters. The highest BCUT2D eigenvalue weighted by molar-refractivity contribution is 5.85. The molecule has 4 nitrogen and oxygen atoms in total. The van der Waals surface area contributed by atoms with E-state index in [9.17, 15) is 4.79 Å². The van der Waals surface area contributed by atoms with Crippen molar-refractivity contribution in [2.24, 2.45) is 5.92 Å². The zero-order chi connectivity index (χ0) is 13.8. The molecule has 22 heavy (non-hydrogen) atoms. The van der Waals surface area contributed by atoms with Gasteiger partial charge in [0.1, 0.15) is 0 Å². The van der Waals surface area contributed by atoms with Gasteiger partial charge in [0, 0.05) is 26.2 Å². The van der Waals surface area contributed by atoms with E-state index in [1.807, 2.05) is 18.2 Å². The van der Waals surface area contributed by atoms with Gasteiger partial charge in [0.25, 0.3) is 0 Å². The Morgan fingerprint density at radius 3 is 2.41 bits per heavy atom. The SMILES string of the molecule is Cl.Cl.O=C(CN1CCNCC1)NC(c1ccccc1)C1CC1. The summed E-state index contributed by atoms with van der Waals surface area (Å²) in [5.41, 5.74) is 1.24. The van der Waals surface area contributed by atoms with Crippen LogP contribution in [0, 0.1) is 5.92 Å². The molecule has 6 heteroatoms. The Hall–Kier alpha value is -0.810. The second-order valence-electron chi connectivity index (χ2n) is 5.82. The van der Waals surface area contributed by atoms with Crippen molar-refractivity contribution < 1.29 is 4.79 Å². The van der Waals surface area contributed by atoms with Gasteiger partial charge < -0.3 is 10.6 Å². The number of rotatable bonds is 5. The molecule has 1 aliphatic carbocycles. The molecule has 3 rings (SSSR count). The third kappa shape index (κ3) is 5.43. The van der Waals surface area contributed by atoms with Crippen LogP contribution in [0.25, 0.3) is 0 Å². The van der Waals surface area contributed by atoms with Crippen LogP contribution < -0.4 is 10.6 Å². The van der Waals surface area contributed by atoms with Gasteiger partial charge in [-0.15, -0.1) is 24.8 Å². The molecule has 0 aromatic heterocycles. The first kappa shape index (κ1) is 19.2. The summed E-state index contributed by atoms with van der Waals surface area (Å²) in [4.78, 5) is 14.5. The minimum Gasteiger partial charge on any atom is -0.348 e. The first-order valence-corrected chi connectivity index (χ1v) is 7.60. The van der Waals surface area contributed by atoms with E-state index in [-0.39, 0.29) is 36.8 Å².